The quantitative estimate of drug-likeness (QED) is 0.848. The third-order valence-electron chi connectivity index (χ3n) is 3.25. The maximum absolute atomic E-state index is 12.1. The Morgan fingerprint density at radius 2 is 2.14 bits per heavy atom. The number of aryl methyl sites for hydroxylation is 2. The average Bonchev–Trinajstić information content (AvgIpc) is 2.81. The Balaban J connectivity index is 1.86. The molecular weight excluding hydrogens is 300 g/mol. The molecule has 0 aliphatic carbocycles. The molecule has 0 aliphatic rings. The van der Waals surface area contributed by atoms with Gasteiger partial charge in [0.25, 0.3) is 0 Å². The largest absolute Gasteiger partial charge is 0.380 e. The van der Waals surface area contributed by atoms with Gasteiger partial charge in [-0.25, -0.2) is 0 Å². The first-order chi connectivity index (χ1) is 10.6. The molecule has 0 fully saturated rings. The van der Waals surface area contributed by atoms with Gasteiger partial charge >= 0.3 is 0 Å². The molecule has 1 heterocycles. The number of para-hydroxylation sites is 1. The van der Waals surface area contributed by atoms with Gasteiger partial charge in [-0.3, -0.25) is 4.79 Å². The fourth-order valence-electron chi connectivity index (χ4n) is 2.06. The first kappa shape index (κ1) is 16.6. The van der Waals surface area contributed by atoms with Crippen LogP contribution in [0.4, 0.5) is 5.69 Å². The molecule has 22 heavy (non-hydrogen) atoms. The number of aromatic nitrogens is 1. The second-order valence-corrected chi connectivity index (χ2v) is 5.92. The predicted molar refractivity (Wildman–Crippen MR) is 87.9 cm³/mol. The Morgan fingerprint density at radius 3 is 2.82 bits per heavy atom. The Labute approximate surface area is 134 Å². The fourth-order valence-corrected chi connectivity index (χ4v) is 3.04. The molecule has 0 aliphatic heterocycles. The highest BCUT2D eigenvalue weighted by molar-refractivity contribution is 7.99. The zero-order chi connectivity index (χ0) is 15.9. The van der Waals surface area contributed by atoms with Crippen LogP contribution in [-0.2, 0) is 21.9 Å². The summed E-state index contributed by atoms with van der Waals surface area (Å²) in [5, 5.41) is 6.84. The van der Waals surface area contributed by atoms with Gasteiger partial charge in [0, 0.05) is 29.7 Å². The third kappa shape index (κ3) is 4.35. The van der Waals surface area contributed by atoms with Crippen LogP contribution in [0.5, 0.6) is 0 Å². The lowest BCUT2D eigenvalue weighted by Gasteiger charge is -2.10. The van der Waals surface area contributed by atoms with Crippen molar-refractivity contribution in [3.05, 3.63) is 46.8 Å². The SMILES string of the molecule is COCc1ccccc1NC(=O)CSCc1c(C)noc1C. The minimum Gasteiger partial charge on any atom is -0.380 e. The van der Waals surface area contributed by atoms with E-state index in [4.69, 9.17) is 9.26 Å². The van der Waals surface area contributed by atoms with E-state index in [1.165, 1.54) is 0 Å². The number of nitrogens with one attached hydrogen (secondary N) is 1. The lowest BCUT2D eigenvalue weighted by atomic mass is 10.2. The minimum absolute atomic E-state index is 0.0275. The smallest absolute Gasteiger partial charge is 0.234 e. The number of ether oxygens (including phenoxy) is 1. The molecule has 5 nitrogen and oxygen atoms in total. The maximum Gasteiger partial charge on any atom is 0.234 e. The molecule has 2 aromatic rings. The maximum atomic E-state index is 12.1. The van der Waals surface area contributed by atoms with E-state index >= 15 is 0 Å². The van der Waals surface area contributed by atoms with Gasteiger partial charge in [-0.15, -0.1) is 11.8 Å². The summed E-state index contributed by atoms with van der Waals surface area (Å²) in [5.74, 6) is 1.89. The number of hydrogen-bond donors (Lipinski definition) is 1. The van der Waals surface area contributed by atoms with E-state index < -0.39 is 0 Å². The van der Waals surface area contributed by atoms with E-state index in [1.807, 2.05) is 38.1 Å². The molecule has 0 radical (unpaired) electrons. The molecule has 118 valence electrons. The number of carbonyl (C=O) groups is 1. The Bertz CT molecular complexity index is 621. The van der Waals surface area contributed by atoms with Crippen molar-refractivity contribution in [2.24, 2.45) is 0 Å². The minimum atomic E-state index is -0.0275. The van der Waals surface area contributed by atoms with Crippen molar-refractivity contribution in [2.45, 2.75) is 26.2 Å². The van der Waals surface area contributed by atoms with Crippen LogP contribution in [0.1, 0.15) is 22.6 Å². The first-order valence-corrected chi connectivity index (χ1v) is 8.13. The monoisotopic (exact) mass is 320 g/mol. The topological polar surface area (TPSA) is 64.4 Å². The Hall–Kier alpha value is -1.79. The number of nitrogens with zero attached hydrogens (tertiary/aromatic N) is 1. The number of hydrogen-bond acceptors (Lipinski definition) is 5. The van der Waals surface area contributed by atoms with E-state index in [0.717, 1.165) is 28.3 Å². The summed E-state index contributed by atoms with van der Waals surface area (Å²) in [6.45, 7) is 4.27. The highest BCUT2D eigenvalue weighted by atomic mass is 32.2. The van der Waals surface area contributed by atoms with Gasteiger partial charge in [0.2, 0.25) is 5.91 Å². The molecule has 0 unspecified atom stereocenters. The first-order valence-electron chi connectivity index (χ1n) is 6.98. The standard InChI is InChI=1S/C16H20N2O3S/c1-11-14(12(2)21-18-11)9-22-10-16(19)17-15-7-5-4-6-13(15)8-20-3/h4-7H,8-10H2,1-3H3,(H,17,19). The van der Waals surface area contributed by atoms with Crippen LogP contribution in [-0.4, -0.2) is 23.9 Å². The van der Waals surface area contributed by atoms with Crippen LogP contribution < -0.4 is 5.32 Å². The van der Waals surface area contributed by atoms with Crippen LogP contribution in [0.25, 0.3) is 0 Å². The molecule has 1 amide bonds. The van der Waals surface area contributed by atoms with Crippen molar-refractivity contribution in [1.82, 2.24) is 5.16 Å². The number of carbonyl (C=O) groups excluding carboxylic acids is 1. The molecule has 0 bridgehead atoms. The summed E-state index contributed by atoms with van der Waals surface area (Å²) >= 11 is 1.54. The summed E-state index contributed by atoms with van der Waals surface area (Å²) in [5.41, 5.74) is 3.72. The Morgan fingerprint density at radius 1 is 1.36 bits per heavy atom. The summed E-state index contributed by atoms with van der Waals surface area (Å²) in [6.07, 6.45) is 0. The number of amides is 1. The molecule has 6 heteroatoms. The van der Waals surface area contributed by atoms with Crippen LogP contribution in [0, 0.1) is 13.8 Å². The van der Waals surface area contributed by atoms with Crippen molar-refractivity contribution in [3.63, 3.8) is 0 Å². The molecule has 2 rings (SSSR count). The molecule has 1 N–H and O–H groups in total. The van der Waals surface area contributed by atoms with Crippen LogP contribution in [0.15, 0.2) is 28.8 Å². The highest BCUT2D eigenvalue weighted by Gasteiger charge is 2.11. The lowest BCUT2D eigenvalue weighted by molar-refractivity contribution is -0.113. The zero-order valence-electron chi connectivity index (χ0n) is 13.0. The van der Waals surface area contributed by atoms with Crippen LogP contribution in [0.3, 0.4) is 0 Å². The number of methoxy groups -OCH3 is 1. The molecule has 0 atom stereocenters. The normalized spacial score (nSPS) is 10.7. The Kier molecular flexibility index (Phi) is 6.03. The molecule has 1 aromatic heterocycles. The second-order valence-electron chi connectivity index (χ2n) is 4.93. The van der Waals surface area contributed by atoms with Gasteiger partial charge in [0.15, 0.2) is 0 Å². The summed E-state index contributed by atoms with van der Waals surface area (Å²) < 4.78 is 10.2. The molecule has 1 aromatic carbocycles. The number of rotatable bonds is 7. The van der Waals surface area contributed by atoms with Crippen molar-refractivity contribution in [2.75, 3.05) is 18.2 Å². The van der Waals surface area contributed by atoms with Gasteiger partial charge in [-0.2, -0.15) is 0 Å². The lowest BCUT2D eigenvalue weighted by Crippen LogP contribution is -2.15. The van der Waals surface area contributed by atoms with E-state index in [0.29, 0.717) is 18.1 Å². The molecule has 0 saturated carbocycles. The molecule has 0 spiro atoms. The number of thioether (sulfide) groups is 1. The summed E-state index contributed by atoms with van der Waals surface area (Å²) in [7, 11) is 1.64. The number of anilines is 1. The molecule has 0 saturated heterocycles. The second kappa shape index (κ2) is 8.00. The van der Waals surface area contributed by atoms with Gasteiger partial charge in [-0.1, -0.05) is 23.4 Å². The third-order valence-corrected chi connectivity index (χ3v) is 4.21. The summed E-state index contributed by atoms with van der Waals surface area (Å²) in [6, 6.07) is 7.64. The van der Waals surface area contributed by atoms with Crippen molar-refractivity contribution < 1.29 is 14.1 Å². The van der Waals surface area contributed by atoms with Gasteiger partial charge < -0.3 is 14.6 Å². The van der Waals surface area contributed by atoms with Crippen molar-refractivity contribution in [3.8, 4) is 0 Å². The van der Waals surface area contributed by atoms with Gasteiger partial charge in [0.05, 0.1) is 18.1 Å². The predicted octanol–water partition coefficient (Wildman–Crippen LogP) is 3.31. The molecular formula is C16H20N2O3S. The van der Waals surface area contributed by atoms with Crippen molar-refractivity contribution >= 4 is 23.4 Å². The zero-order valence-corrected chi connectivity index (χ0v) is 13.8. The van der Waals surface area contributed by atoms with Crippen LogP contribution >= 0.6 is 11.8 Å². The number of benzene rings is 1. The average molecular weight is 320 g/mol. The summed E-state index contributed by atoms with van der Waals surface area (Å²) in [4.78, 5) is 12.1. The van der Waals surface area contributed by atoms with E-state index in [2.05, 4.69) is 10.5 Å². The highest BCUT2D eigenvalue weighted by Crippen LogP contribution is 2.20. The fraction of sp³-hybridized carbons (Fsp3) is 0.375. The van der Waals surface area contributed by atoms with Gasteiger partial charge in [0.1, 0.15) is 5.76 Å². The van der Waals surface area contributed by atoms with Crippen LogP contribution in [0.2, 0.25) is 0 Å². The van der Waals surface area contributed by atoms with E-state index in [9.17, 15) is 4.79 Å². The van der Waals surface area contributed by atoms with Crippen molar-refractivity contribution in [1.29, 1.82) is 0 Å². The van der Waals surface area contributed by atoms with Gasteiger partial charge in [-0.05, 0) is 19.9 Å². The van der Waals surface area contributed by atoms with E-state index in [1.54, 1.807) is 18.9 Å². The van der Waals surface area contributed by atoms with E-state index in [-0.39, 0.29) is 5.91 Å².